The van der Waals surface area contributed by atoms with Crippen molar-refractivity contribution in [3.05, 3.63) is 18.2 Å². The highest BCUT2D eigenvalue weighted by Crippen LogP contribution is 2.24. The van der Waals surface area contributed by atoms with Gasteiger partial charge in [-0.3, -0.25) is 4.40 Å². The second kappa shape index (κ2) is 5.47. The quantitative estimate of drug-likeness (QED) is 0.807. The Morgan fingerprint density at radius 1 is 1.36 bits per heavy atom. The highest BCUT2D eigenvalue weighted by Gasteiger charge is 2.29. The molecule has 9 heteroatoms. The van der Waals surface area contributed by atoms with E-state index < -0.39 is 10.0 Å². The standard InChI is InChI=1S/C13H20N6O2S/c1-10-15-16-13-12(14-6-8-19(10)13)18-7-4-5-11(9-18)17(2)22(3,20)21/h6,8,11H,4-5,7,9H2,1-3H3. The molecule has 0 radical (unpaired) electrons. The number of nitrogens with zero attached hydrogens (tertiary/aromatic N) is 6. The molecule has 8 nitrogen and oxygen atoms in total. The summed E-state index contributed by atoms with van der Waals surface area (Å²) in [7, 11) is -1.56. The maximum absolute atomic E-state index is 11.8. The van der Waals surface area contributed by atoms with E-state index in [0.717, 1.165) is 31.0 Å². The number of aryl methyl sites for hydroxylation is 1. The topological polar surface area (TPSA) is 83.7 Å². The van der Waals surface area contributed by atoms with Gasteiger partial charge in [-0.05, 0) is 19.8 Å². The van der Waals surface area contributed by atoms with Gasteiger partial charge >= 0.3 is 0 Å². The third-order valence-electron chi connectivity index (χ3n) is 4.21. The SMILES string of the molecule is Cc1nnc2c(N3CCCC(N(C)S(C)(=O)=O)C3)nccn12. The second-order valence-electron chi connectivity index (χ2n) is 5.71. The Balaban J connectivity index is 1.91. The first-order valence-electron chi connectivity index (χ1n) is 7.22. The van der Waals surface area contributed by atoms with E-state index in [1.54, 1.807) is 13.2 Å². The van der Waals surface area contributed by atoms with Gasteiger partial charge in [0.25, 0.3) is 0 Å². The first-order chi connectivity index (χ1) is 10.4. The number of rotatable bonds is 3. The van der Waals surface area contributed by atoms with Crippen molar-refractivity contribution in [3.8, 4) is 0 Å². The molecule has 0 bridgehead atoms. The average Bonchev–Trinajstić information content (AvgIpc) is 2.87. The molecule has 0 saturated carbocycles. The summed E-state index contributed by atoms with van der Waals surface area (Å²) in [5.74, 6) is 1.56. The number of hydrogen-bond donors (Lipinski definition) is 0. The van der Waals surface area contributed by atoms with Gasteiger partial charge in [0, 0.05) is 38.6 Å². The van der Waals surface area contributed by atoms with Gasteiger partial charge in [-0.2, -0.15) is 0 Å². The summed E-state index contributed by atoms with van der Waals surface area (Å²) in [5.41, 5.74) is 0.711. The van der Waals surface area contributed by atoms with Crippen LogP contribution in [0.1, 0.15) is 18.7 Å². The minimum Gasteiger partial charge on any atom is -0.352 e. The summed E-state index contributed by atoms with van der Waals surface area (Å²) in [5, 5.41) is 8.27. The highest BCUT2D eigenvalue weighted by molar-refractivity contribution is 7.88. The fourth-order valence-electron chi connectivity index (χ4n) is 2.87. The van der Waals surface area contributed by atoms with Crippen molar-refractivity contribution in [2.75, 3.05) is 31.3 Å². The predicted molar refractivity (Wildman–Crippen MR) is 83.4 cm³/mol. The molecule has 0 N–H and O–H groups in total. The van der Waals surface area contributed by atoms with E-state index in [0.29, 0.717) is 12.2 Å². The first-order valence-corrected chi connectivity index (χ1v) is 9.07. The second-order valence-corrected chi connectivity index (χ2v) is 7.75. The molecule has 2 aromatic rings. The number of fused-ring (bicyclic) bond motifs is 1. The Morgan fingerprint density at radius 3 is 2.86 bits per heavy atom. The maximum atomic E-state index is 11.8. The molecule has 3 heterocycles. The van der Waals surface area contributed by atoms with E-state index in [9.17, 15) is 8.42 Å². The fraction of sp³-hybridized carbons (Fsp3) is 0.615. The van der Waals surface area contributed by atoms with Gasteiger partial charge in [0.1, 0.15) is 5.82 Å². The van der Waals surface area contributed by atoms with Crippen molar-refractivity contribution in [2.45, 2.75) is 25.8 Å². The van der Waals surface area contributed by atoms with Crippen LogP contribution in [0.4, 0.5) is 5.82 Å². The number of aromatic nitrogens is 4. The molecule has 1 atom stereocenters. The van der Waals surface area contributed by atoms with Crippen LogP contribution >= 0.6 is 0 Å². The van der Waals surface area contributed by atoms with Crippen LogP contribution in [-0.2, 0) is 10.0 Å². The minimum absolute atomic E-state index is 0.0465. The van der Waals surface area contributed by atoms with Crippen LogP contribution in [0, 0.1) is 6.92 Å². The first kappa shape index (κ1) is 15.2. The maximum Gasteiger partial charge on any atom is 0.211 e. The number of hydrogen-bond acceptors (Lipinski definition) is 6. The molecule has 1 unspecified atom stereocenters. The van der Waals surface area contributed by atoms with Crippen molar-refractivity contribution in [2.24, 2.45) is 0 Å². The van der Waals surface area contributed by atoms with Gasteiger partial charge in [0.05, 0.1) is 6.26 Å². The molecule has 2 aromatic heterocycles. The lowest BCUT2D eigenvalue weighted by Gasteiger charge is -2.37. The molecule has 22 heavy (non-hydrogen) atoms. The Morgan fingerprint density at radius 2 is 2.14 bits per heavy atom. The lowest BCUT2D eigenvalue weighted by molar-refractivity contribution is 0.321. The molecule has 120 valence electrons. The molecule has 0 aromatic carbocycles. The van der Waals surface area contributed by atoms with Gasteiger partial charge in [-0.15, -0.1) is 10.2 Å². The highest BCUT2D eigenvalue weighted by atomic mass is 32.2. The van der Waals surface area contributed by atoms with Crippen molar-refractivity contribution < 1.29 is 8.42 Å². The number of anilines is 1. The zero-order valence-corrected chi connectivity index (χ0v) is 13.8. The van der Waals surface area contributed by atoms with Crippen LogP contribution in [0.2, 0.25) is 0 Å². The Bertz CT molecular complexity index is 787. The summed E-state index contributed by atoms with van der Waals surface area (Å²) < 4.78 is 26.9. The van der Waals surface area contributed by atoms with E-state index in [-0.39, 0.29) is 6.04 Å². The van der Waals surface area contributed by atoms with Crippen LogP contribution in [0.25, 0.3) is 5.65 Å². The zero-order chi connectivity index (χ0) is 15.9. The van der Waals surface area contributed by atoms with Crippen LogP contribution in [-0.4, -0.2) is 64.7 Å². The molecule has 1 aliphatic rings. The largest absolute Gasteiger partial charge is 0.352 e. The van der Waals surface area contributed by atoms with E-state index in [1.165, 1.54) is 10.6 Å². The summed E-state index contributed by atoms with van der Waals surface area (Å²) in [6.45, 7) is 3.34. The summed E-state index contributed by atoms with van der Waals surface area (Å²) in [6.07, 6.45) is 6.57. The molecular formula is C13H20N6O2S. The van der Waals surface area contributed by atoms with Crippen molar-refractivity contribution in [3.63, 3.8) is 0 Å². The number of sulfonamides is 1. The Labute approximate surface area is 129 Å². The minimum atomic E-state index is -3.19. The molecule has 3 rings (SSSR count). The lowest BCUT2D eigenvalue weighted by Crippen LogP contribution is -2.48. The van der Waals surface area contributed by atoms with Gasteiger partial charge in [-0.25, -0.2) is 17.7 Å². The van der Waals surface area contributed by atoms with Gasteiger partial charge in [0.15, 0.2) is 5.82 Å². The average molecular weight is 324 g/mol. The van der Waals surface area contributed by atoms with E-state index >= 15 is 0 Å². The summed E-state index contributed by atoms with van der Waals surface area (Å²) in [6, 6.07) is -0.0465. The van der Waals surface area contributed by atoms with Crippen molar-refractivity contribution in [1.29, 1.82) is 0 Å². The predicted octanol–water partition coefficient (Wildman–Crippen LogP) is 0.293. The van der Waals surface area contributed by atoms with Crippen LogP contribution in [0.5, 0.6) is 0 Å². The van der Waals surface area contributed by atoms with Crippen molar-refractivity contribution >= 4 is 21.5 Å². The van der Waals surface area contributed by atoms with E-state index in [1.807, 2.05) is 17.5 Å². The third-order valence-corrected chi connectivity index (χ3v) is 5.56. The van der Waals surface area contributed by atoms with E-state index in [2.05, 4.69) is 20.1 Å². The normalized spacial score (nSPS) is 20.0. The smallest absolute Gasteiger partial charge is 0.211 e. The molecule has 0 spiro atoms. The Hall–Kier alpha value is -1.74. The van der Waals surface area contributed by atoms with Gasteiger partial charge in [-0.1, -0.05) is 0 Å². The molecule has 0 amide bonds. The zero-order valence-electron chi connectivity index (χ0n) is 13.0. The lowest BCUT2D eigenvalue weighted by atomic mass is 10.1. The van der Waals surface area contributed by atoms with Crippen LogP contribution in [0.3, 0.4) is 0 Å². The van der Waals surface area contributed by atoms with Crippen LogP contribution < -0.4 is 4.90 Å². The van der Waals surface area contributed by atoms with Crippen LogP contribution in [0.15, 0.2) is 12.4 Å². The van der Waals surface area contributed by atoms with Crippen molar-refractivity contribution in [1.82, 2.24) is 23.9 Å². The molecular weight excluding hydrogens is 304 g/mol. The molecule has 1 saturated heterocycles. The third kappa shape index (κ3) is 2.66. The summed E-state index contributed by atoms with van der Waals surface area (Å²) in [4.78, 5) is 6.53. The molecule has 1 aliphatic heterocycles. The molecule has 1 fully saturated rings. The number of likely N-dealkylation sites (N-methyl/N-ethyl adjacent to an activating group) is 1. The molecule has 0 aliphatic carbocycles. The summed E-state index contributed by atoms with van der Waals surface area (Å²) >= 11 is 0. The fourth-order valence-corrected chi connectivity index (χ4v) is 3.58. The monoisotopic (exact) mass is 324 g/mol. The van der Waals surface area contributed by atoms with Gasteiger partial charge in [0.2, 0.25) is 15.7 Å². The van der Waals surface area contributed by atoms with E-state index in [4.69, 9.17) is 0 Å². The Kier molecular flexibility index (Phi) is 3.77. The number of piperidine rings is 1. The van der Waals surface area contributed by atoms with Gasteiger partial charge < -0.3 is 4.90 Å².